The van der Waals surface area contributed by atoms with Gasteiger partial charge in [-0.2, -0.15) is 0 Å². The molecule has 0 atom stereocenters. The fraction of sp³-hybridized carbons (Fsp3) is 0.913. The summed E-state index contributed by atoms with van der Waals surface area (Å²) in [5.41, 5.74) is 0. The highest BCUT2D eigenvalue weighted by Crippen LogP contribution is 2.09. The van der Waals surface area contributed by atoms with Crippen LogP contribution in [0.2, 0.25) is 0 Å². The molecular weight excluding hydrogens is 687 g/mol. The Bertz CT molecular complexity index is 806. The number of rotatable bonds is 17. The second-order valence-corrected chi connectivity index (χ2v) is 19.0. The van der Waals surface area contributed by atoms with Crippen molar-refractivity contribution in [2.45, 2.75) is 204 Å². The normalized spacial score (nSPS) is 10.8. The summed E-state index contributed by atoms with van der Waals surface area (Å²) < 4.78 is 0. The van der Waals surface area contributed by atoms with Gasteiger partial charge in [-0.25, -0.2) is 0 Å². The smallest absolute Gasteiger partial charge is 0.222 e. The quantitative estimate of drug-likeness (QED) is 0.100. The maximum absolute atomic E-state index is 11.0. The van der Waals surface area contributed by atoms with Gasteiger partial charge < -0.3 is 26.6 Å². The van der Waals surface area contributed by atoms with Crippen LogP contribution in [0, 0.1) is 53.3 Å². The maximum Gasteiger partial charge on any atom is 0.222 e. The molecule has 0 aromatic rings. The number of hydrogen-bond acceptors (Lipinski definition) is 5. The molecule has 0 spiro atoms. The Morgan fingerprint density at radius 1 is 0.345 bits per heavy atom. The predicted molar refractivity (Wildman–Crippen MR) is 243 cm³/mol. The third-order valence-electron chi connectivity index (χ3n) is 6.67. The monoisotopic (exact) mass is 788 g/mol. The molecule has 0 aliphatic heterocycles. The number of hydrogen-bond donors (Lipinski definition) is 5. The summed E-state index contributed by atoms with van der Waals surface area (Å²) in [7, 11) is 0. The van der Waals surface area contributed by atoms with Gasteiger partial charge >= 0.3 is 0 Å². The molecule has 5 N–H and O–H groups in total. The summed E-state index contributed by atoms with van der Waals surface area (Å²) in [6, 6.07) is 1.17. The molecule has 0 aliphatic carbocycles. The van der Waals surface area contributed by atoms with E-state index in [0.717, 1.165) is 37.4 Å². The van der Waals surface area contributed by atoms with Crippen molar-refractivity contribution < 1.29 is 19.2 Å². The Hall–Kier alpha value is -2.16. The van der Waals surface area contributed by atoms with Crippen LogP contribution in [0.1, 0.15) is 185 Å². The molecule has 55 heavy (non-hydrogen) atoms. The molecule has 0 bridgehead atoms. The highest BCUT2D eigenvalue weighted by Gasteiger charge is 2.08. The topological polar surface area (TPSA) is 128 Å². The minimum atomic E-state index is 0.104. The van der Waals surface area contributed by atoms with E-state index in [2.05, 4.69) is 110 Å². The SMILES string of the molecule is CC(C)CC(=O)NC(C)C.CC(C)CCC(C)C.CC(C)CNC(=O)C(C)C.CC(C)CNC(=O)C(C)C.CC(C)CNC(C)C.CC(C)NC(=O)C(C)C. The fourth-order valence-electron chi connectivity index (χ4n) is 3.36. The first kappa shape index (κ1) is 64.7. The minimum absolute atomic E-state index is 0.104. The molecule has 4 amide bonds. The molecule has 0 aromatic carbocycles. The summed E-state index contributed by atoms with van der Waals surface area (Å²) in [4.78, 5) is 43.7. The van der Waals surface area contributed by atoms with Gasteiger partial charge in [-0.1, -0.05) is 151 Å². The van der Waals surface area contributed by atoms with E-state index in [1.54, 1.807) is 0 Å². The maximum atomic E-state index is 11.0. The minimum Gasteiger partial charge on any atom is -0.356 e. The van der Waals surface area contributed by atoms with E-state index in [1.807, 2.05) is 83.1 Å². The highest BCUT2D eigenvalue weighted by atomic mass is 16.2. The van der Waals surface area contributed by atoms with E-state index < -0.39 is 0 Å². The summed E-state index contributed by atoms with van der Waals surface area (Å²) in [5, 5.41) is 14.7. The van der Waals surface area contributed by atoms with Gasteiger partial charge in [-0.3, -0.25) is 19.2 Å². The van der Waals surface area contributed by atoms with Crippen molar-refractivity contribution in [1.82, 2.24) is 26.6 Å². The Balaban J connectivity index is -0.000000131. The zero-order chi connectivity index (χ0) is 45.0. The van der Waals surface area contributed by atoms with Crippen molar-refractivity contribution >= 4 is 23.6 Å². The number of amides is 4. The van der Waals surface area contributed by atoms with Gasteiger partial charge in [0.2, 0.25) is 23.6 Å². The molecule has 0 fully saturated rings. The molecule has 0 unspecified atom stereocenters. The van der Waals surface area contributed by atoms with Crippen LogP contribution < -0.4 is 26.6 Å². The molecule has 0 saturated heterocycles. The number of carbonyl (C=O) groups excluding carboxylic acids is 4. The molecule has 0 aromatic heterocycles. The van der Waals surface area contributed by atoms with Crippen molar-refractivity contribution in [2.24, 2.45) is 53.3 Å². The van der Waals surface area contributed by atoms with Crippen LogP contribution in [-0.4, -0.2) is 61.4 Å². The Kier molecular flexibility index (Phi) is 48.8. The van der Waals surface area contributed by atoms with E-state index in [4.69, 9.17) is 0 Å². The average molecular weight is 788 g/mol. The van der Waals surface area contributed by atoms with Crippen LogP contribution in [0.5, 0.6) is 0 Å². The van der Waals surface area contributed by atoms with Crippen LogP contribution in [0.25, 0.3) is 0 Å². The van der Waals surface area contributed by atoms with Crippen molar-refractivity contribution in [3.05, 3.63) is 0 Å². The third-order valence-corrected chi connectivity index (χ3v) is 6.67. The molecule has 9 nitrogen and oxygen atoms in total. The van der Waals surface area contributed by atoms with Gasteiger partial charge in [-0.05, 0) is 69.7 Å². The summed E-state index contributed by atoms with van der Waals surface area (Å²) in [6.45, 7) is 52.3. The third kappa shape index (κ3) is 73.6. The standard InChI is InChI=1S/3C8H17NO.C8H18.C7H15NO.C7H17N/c2*1-6(2)5-9-8(10)7(3)4;1-6(2)5-8(10)9-7(3)4;1-7(2)5-6-8(3)4;1-5(2)7(9)8-6(3)4;1-6(2)5-8-7(3)4/h3*6-7H,5H2,1-4H3,(H,9,10);7-8H,5-6H2,1-4H3;5-6H,1-4H3,(H,8,9);6-8H,5H2,1-4H3. The predicted octanol–water partition coefficient (Wildman–Crippen LogP) is 10.3. The Morgan fingerprint density at radius 3 is 0.818 bits per heavy atom. The zero-order valence-electron chi connectivity index (χ0n) is 41.3. The van der Waals surface area contributed by atoms with Crippen LogP contribution >= 0.6 is 0 Å². The van der Waals surface area contributed by atoms with E-state index in [-0.39, 0.29) is 53.5 Å². The second-order valence-electron chi connectivity index (χ2n) is 19.0. The van der Waals surface area contributed by atoms with Crippen LogP contribution in [0.15, 0.2) is 0 Å². The lowest BCUT2D eigenvalue weighted by Gasteiger charge is -2.09. The van der Waals surface area contributed by atoms with Gasteiger partial charge in [0.05, 0.1) is 0 Å². The lowest BCUT2D eigenvalue weighted by molar-refractivity contribution is -0.125. The zero-order valence-corrected chi connectivity index (χ0v) is 41.3. The lowest BCUT2D eigenvalue weighted by atomic mass is 10.0. The molecular formula is C46H101N5O4. The van der Waals surface area contributed by atoms with E-state index in [9.17, 15) is 19.2 Å². The Morgan fingerprint density at radius 2 is 0.655 bits per heavy atom. The first-order valence-electron chi connectivity index (χ1n) is 21.8. The summed E-state index contributed by atoms with van der Waals surface area (Å²) >= 11 is 0. The summed E-state index contributed by atoms with van der Waals surface area (Å²) in [5.74, 6) is 5.00. The van der Waals surface area contributed by atoms with Crippen molar-refractivity contribution in [2.75, 3.05) is 19.6 Å². The average Bonchev–Trinajstić information content (AvgIpc) is 3.00. The first-order chi connectivity index (χ1) is 24.9. The molecule has 0 saturated carbocycles. The highest BCUT2D eigenvalue weighted by molar-refractivity contribution is 5.78. The van der Waals surface area contributed by atoms with Crippen molar-refractivity contribution in [3.63, 3.8) is 0 Å². The number of nitrogens with one attached hydrogen (secondary N) is 5. The van der Waals surface area contributed by atoms with Crippen LogP contribution in [-0.2, 0) is 19.2 Å². The van der Waals surface area contributed by atoms with E-state index in [0.29, 0.717) is 30.2 Å². The van der Waals surface area contributed by atoms with Crippen molar-refractivity contribution in [1.29, 1.82) is 0 Å². The van der Waals surface area contributed by atoms with Crippen LogP contribution in [0.3, 0.4) is 0 Å². The van der Waals surface area contributed by atoms with Crippen LogP contribution in [0.4, 0.5) is 0 Å². The molecule has 0 rings (SSSR count). The lowest BCUT2D eigenvalue weighted by Crippen LogP contribution is -2.33. The van der Waals surface area contributed by atoms with E-state index >= 15 is 0 Å². The summed E-state index contributed by atoms with van der Waals surface area (Å²) in [6.07, 6.45) is 3.41. The van der Waals surface area contributed by atoms with Gasteiger partial charge in [0.25, 0.3) is 0 Å². The van der Waals surface area contributed by atoms with Gasteiger partial charge in [0, 0.05) is 55.4 Å². The molecule has 0 radical (unpaired) electrons. The van der Waals surface area contributed by atoms with Gasteiger partial charge in [0.1, 0.15) is 0 Å². The largest absolute Gasteiger partial charge is 0.356 e. The van der Waals surface area contributed by atoms with Gasteiger partial charge in [-0.15, -0.1) is 0 Å². The molecule has 9 heteroatoms. The van der Waals surface area contributed by atoms with E-state index in [1.165, 1.54) is 12.8 Å². The molecule has 334 valence electrons. The first-order valence-corrected chi connectivity index (χ1v) is 21.8. The fourth-order valence-corrected chi connectivity index (χ4v) is 3.36. The number of carbonyl (C=O) groups is 4. The molecule has 0 aliphatic rings. The Labute approximate surface area is 345 Å². The van der Waals surface area contributed by atoms with Crippen molar-refractivity contribution in [3.8, 4) is 0 Å². The molecule has 0 heterocycles. The van der Waals surface area contributed by atoms with Gasteiger partial charge in [0.15, 0.2) is 0 Å². The second kappa shape index (κ2) is 41.5.